The predicted molar refractivity (Wildman–Crippen MR) is 74.1 cm³/mol. The van der Waals surface area contributed by atoms with Gasteiger partial charge in [0.2, 0.25) is 11.8 Å². The van der Waals surface area contributed by atoms with Crippen LogP contribution in [0.5, 0.6) is 11.8 Å². The largest absolute Gasteiger partial charge is 0.492 e. The van der Waals surface area contributed by atoms with Crippen molar-refractivity contribution in [2.45, 2.75) is 12.8 Å². The van der Waals surface area contributed by atoms with Gasteiger partial charge < -0.3 is 15.1 Å². The second-order valence-electron chi connectivity index (χ2n) is 4.18. The molecule has 0 spiro atoms. The first-order valence-electron chi connectivity index (χ1n) is 6.18. The average molecular weight is 273 g/mol. The molecule has 0 radical (unpaired) electrons. The smallest absolute Gasteiger partial charge is 0.333 e. The molecule has 0 unspecified atom stereocenters. The van der Waals surface area contributed by atoms with E-state index in [2.05, 4.69) is 0 Å². The van der Waals surface area contributed by atoms with Crippen molar-refractivity contribution in [3.8, 4) is 11.8 Å². The lowest BCUT2D eigenvalue weighted by Gasteiger charge is -2.07. The van der Waals surface area contributed by atoms with E-state index in [0.29, 0.717) is 11.2 Å². The van der Waals surface area contributed by atoms with Crippen LogP contribution in [0.25, 0.3) is 0 Å². The lowest BCUT2D eigenvalue weighted by molar-refractivity contribution is -0.145. The van der Waals surface area contributed by atoms with Crippen LogP contribution in [0.15, 0.2) is 60.2 Å². The molecule has 0 fully saturated rings. The van der Waals surface area contributed by atoms with Crippen LogP contribution < -0.4 is 4.84 Å². The summed E-state index contributed by atoms with van der Waals surface area (Å²) in [5.74, 6) is -1.19. The van der Waals surface area contributed by atoms with Gasteiger partial charge in [-0.2, -0.15) is 0 Å². The number of allylic oxidation sites excluding steroid dienone is 8. The van der Waals surface area contributed by atoms with E-state index in [1.54, 1.807) is 0 Å². The Hall–Kier alpha value is -2.69. The lowest BCUT2D eigenvalue weighted by atomic mass is 10.1. The van der Waals surface area contributed by atoms with Crippen molar-refractivity contribution in [2.24, 2.45) is 0 Å². The summed E-state index contributed by atoms with van der Waals surface area (Å²) in [5, 5.41) is 18.7. The SMILES string of the molecule is O=C(CCC1=CC=CC=CC=C1)On1c(O)ccc1O. The first kappa shape index (κ1) is 13.7. The van der Waals surface area contributed by atoms with Gasteiger partial charge in [-0.1, -0.05) is 42.5 Å². The van der Waals surface area contributed by atoms with Crippen LogP contribution >= 0.6 is 0 Å². The number of hydrogen-bond donors (Lipinski definition) is 2. The maximum atomic E-state index is 11.7. The van der Waals surface area contributed by atoms with Crippen molar-refractivity contribution >= 4 is 5.97 Å². The van der Waals surface area contributed by atoms with Crippen molar-refractivity contribution in [1.29, 1.82) is 0 Å². The fourth-order valence-corrected chi connectivity index (χ4v) is 1.66. The zero-order chi connectivity index (χ0) is 14.4. The molecule has 2 N–H and O–H groups in total. The van der Waals surface area contributed by atoms with Crippen LogP contribution in [0.3, 0.4) is 0 Å². The Bertz CT molecular complexity index is 586. The highest BCUT2D eigenvalue weighted by molar-refractivity contribution is 5.70. The summed E-state index contributed by atoms with van der Waals surface area (Å²) in [6, 6.07) is 2.47. The number of rotatable bonds is 4. The summed E-state index contributed by atoms with van der Waals surface area (Å²) in [7, 11) is 0. The molecule has 1 heterocycles. The van der Waals surface area contributed by atoms with Gasteiger partial charge in [-0.25, -0.2) is 4.79 Å². The standard InChI is InChI=1S/C15H15NO4/c17-13-9-10-14(18)16(13)20-15(19)11-8-12-6-4-2-1-3-5-7-12/h1-7,9-10,17-18H,8,11H2. The zero-order valence-electron chi connectivity index (χ0n) is 10.8. The minimum atomic E-state index is -0.539. The minimum absolute atomic E-state index is 0.144. The Morgan fingerprint density at radius 2 is 1.70 bits per heavy atom. The van der Waals surface area contributed by atoms with E-state index < -0.39 is 5.97 Å². The van der Waals surface area contributed by atoms with Crippen LogP contribution in [-0.4, -0.2) is 20.9 Å². The molecular weight excluding hydrogens is 258 g/mol. The van der Waals surface area contributed by atoms with E-state index in [4.69, 9.17) is 4.84 Å². The normalized spacial score (nSPS) is 13.7. The van der Waals surface area contributed by atoms with E-state index in [-0.39, 0.29) is 18.2 Å². The Morgan fingerprint density at radius 3 is 2.45 bits per heavy atom. The number of carbonyl (C=O) groups excluding carboxylic acids is 1. The van der Waals surface area contributed by atoms with Crippen molar-refractivity contribution in [3.63, 3.8) is 0 Å². The molecule has 0 aliphatic heterocycles. The molecule has 20 heavy (non-hydrogen) atoms. The first-order valence-corrected chi connectivity index (χ1v) is 6.18. The number of carbonyl (C=O) groups is 1. The Balaban J connectivity index is 1.90. The summed E-state index contributed by atoms with van der Waals surface area (Å²) in [6.45, 7) is 0. The average Bonchev–Trinajstić information content (AvgIpc) is 2.69. The Kier molecular flexibility index (Phi) is 4.44. The maximum absolute atomic E-state index is 11.7. The predicted octanol–water partition coefficient (Wildman–Crippen LogP) is 2.24. The molecule has 0 saturated carbocycles. The van der Waals surface area contributed by atoms with Crippen molar-refractivity contribution in [1.82, 2.24) is 4.73 Å². The third-order valence-electron chi connectivity index (χ3n) is 2.67. The minimum Gasteiger partial charge on any atom is -0.492 e. The summed E-state index contributed by atoms with van der Waals surface area (Å²) >= 11 is 0. The van der Waals surface area contributed by atoms with Crippen molar-refractivity contribution < 1.29 is 19.8 Å². The molecule has 0 atom stereocenters. The highest BCUT2D eigenvalue weighted by atomic mass is 16.7. The molecule has 1 aromatic heterocycles. The molecule has 0 saturated heterocycles. The van der Waals surface area contributed by atoms with Crippen molar-refractivity contribution in [2.75, 3.05) is 0 Å². The van der Waals surface area contributed by atoms with Crippen LogP contribution in [-0.2, 0) is 4.79 Å². The van der Waals surface area contributed by atoms with Gasteiger partial charge in [0.05, 0.1) is 6.42 Å². The number of aromatic hydroxyl groups is 2. The van der Waals surface area contributed by atoms with Gasteiger partial charge >= 0.3 is 5.97 Å². The molecule has 0 amide bonds. The molecule has 2 rings (SSSR count). The second kappa shape index (κ2) is 6.47. The monoisotopic (exact) mass is 273 g/mol. The Labute approximate surface area is 116 Å². The van der Waals surface area contributed by atoms with Gasteiger partial charge in [0.25, 0.3) is 0 Å². The number of aromatic nitrogens is 1. The first-order chi connectivity index (χ1) is 9.66. The fraction of sp³-hybridized carbons (Fsp3) is 0.133. The molecule has 1 aromatic rings. The van der Waals surface area contributed by atoms with Gasteiger partial charge in [-0.15, -0.1) is 4.73 Å². The molecule has 1 aliphatic rings. The quantitative estimate of drug-likeness (QED) is 0.882. The van der Waals surface area contributed by atoms with E-state index in [9.17, 15) is 15.0 Å². The van der Waals surface area contributed by atoms with E-state index in [1.807, 2.05) is 42.5 Å². The van der Waals surface area contributed by atoms with E-state index in [0.717, 1.165) is 5.57 Å². The van der Waals surface area contributed by atoms with Crippen molar-refractivity contribution in [3.05, 3.63) is 60.2 Å². The van der Waals surface area contributed by atoms with Crippen LogP contribution in [0.4, 0.5) is 0 Å². The highest BCUT2D eigenvalue weighted by Gasteiger charge is 2.12. The maximum Gasteiger partial charge on any atom is 0.333 e. The van der Waals surface area contributed by atoms with Gasteiger partial charge in [0.15, 0.2) is 0 Å². The topological polar surface area (TPSA) is 71.7 Å². The fourth-order valence-electron chi connectivity index (χ4n) is 1.66. The van der Waals surface area contributed by atoms with Gasteiger partial charge in [0, 0.05) is 12.1 Å². The zero-order valence-corrected chi connectivity index (χ0v) is 10.8. The molecule has 5 nitrogen and oxygen atoms in total. The molecule has 0 bridgehead atoms. The number of nitrogens with zero attached hydrogens (tertiary/aromatic N) is 1. The summed E-state index contributed by atoms with van der Waals surface area (Å²) in [5.41, 5.74) is 0.989. The van der Waals surface area contributed by atoms with Gasteiger partial charge in [0.1, 0.15) is 0 Å². The third kappa shape index (κ3) is 3.65. The van der Waals surface area contributed by atoms with Crippen LogP contribution in [0, 0.1) is 0 Å². The molecule has 1 aliphatic carbocycles. The summed E-state index contributed by atoms with van der Waals surface area (Å²) in [4.78, 5) is 16.5. The summed E-state index contributed by atoms with van der Waals surface area (Å²) < 4.78 is 0.688. The lowest BCUT2D eigenvalue weighted by Crippen LogP contribution is -2.18. The number of hydrogen-bond acceptors (Lipinski definition) is 4. The molecule has 104 valence electrons. The Morgan fingerprint density at radius 1 is 1.05 bits per heavy atom. The van der Waals surface area contributed by atoms with Gasteiger partial charge in [-0.3, -0.25) is 0 Å². The third-order valence-corrected chi connectivity index (χ3v) is 2.67. The van der Waals surface area contributed by atoms with Gasteiger partial charge in [-0.05, 0) is 12.0 Å². The van der Waals surface area contributed by atoms with E-state index in [1.165, 1.54) is 12.1 Å². The van der Waals surface area contributed by atoms with E-state index >= 15 is 0 Å². The summed E-state index contributed by atoms with van der Waals surface area (Å²) in [6.07, 6.45) is 14.0. The van der Waals surface area contributed by atoms with Crippen LogP contribution in [0.2, 0.25) is 0 Å². The molecule has 0 aromatic carbocycles. The highest BCUT2D eigenvalue weighted by Crippen LogP contribution is 2.19. The second-order valence-corrected chi connectivity index (χ2v) is 4.18. The molecule has 5 heteroatoms. The van der Waals surface area contributed by atoms with Crippen LogP contribution in [0.1, 0.15) is 12.8 Å². The molecular formula is C15H15NO4.